The minimum atomic E-state index is -1.05. The summed E-state index contributed by atoms with van der Waals surface area (Å²) in [5, 5.41) is 8.43. The number of primary amides is 1. The summed E-state index contributed by atoms with van der Waals surface area (Å²) in [7, 11) is 0. The Morgan fingerprint density at radius 3 is 2.77 bits per heavy atom. The second-order valence-electron chi connectivity index (χ2n) is 2.21. The molecule has 1 amide bonds. The van der Waals surface area contributed by atoms with E-state index in [9.17, 15) is 9.18 Å². The van der Waals surface area contributed by atoms with Crippen LogP contribution >= 0.6 is 0 Å². The zero-order valence-corrected chi connectivity index (χ0v) is 6.45. The third kappa shape index (κ3) is 2.45. The first-order valence-corrected chi connectivity index (χ1v) is 3.30. The molecule has 4 nitrogen and oxygen atoms in total. The monoisotopic (exact) mass is 180 g/mol. The third-order valence-corrected chi connectivity index (χ3v) is 1.22. The van der Waals surface area contributed by atoms with Gasteiger partial charge in [0.15, 0.2) is 0 Å². The molecule has 0 aliphatic heterocycles. The van der Waals surface area contributed by atoms with Gasteiger partial charge in [0.2, 0.25) is 0 Å². The van der Waals surface area contributed by atoms with Crippen LogP contribution in [0.3, 0.4) is 0 Å². The van der Waals surface area contributed by atoms with Crippen LogP contribution in [0.25, 0.3) is 0 Å². The quantitative estimate of drug-likeness (QED) is 0.704. The van der Waals surface area contributed by atoms with E-state index in [1.165, 1.54) is 6.07 Å². The molecule has 5 heteroatoms. The highest BCUT2D eigenvalue weighted by atomic mass is 19.1. The molecule has 0 spiro atoms. The van der Waals surface area contributed by atoms with Gasteiger partial charge < -0.3 is 10.5 Å². The Labute approximate surface area is 73.3 Å². The number of amides is 1. The van der Waals surface area contributed by atoms with Crippen LogP contribution in [-0.4, -0.2) is 6.09 Å². The Bertz CT molecular complexity index is 384. The molecule has 1 rings (SSSR count). The Balaban J connectivity index is 3.03. The van der Waals surface area contributed by atoms with Gasteiger partial charge in [0.05, 0.1) is 11.6 Å². The molecule has 0 unspecified atom stereocenters. The van der Waals surface area contributed by atoms with Crippen molar-refractivity contribution < 1.29 is 13.9 Å². The lowest BCUT2D eigenvalue weighted by Gasteiger charge is -2.00. The lowest BCUT2D eigenvalue weighted by atomic mass is 10.2. The number of carbonyl (C=O) groups excluding carboxylic acids is 1. The van der Waals surface area contributed by atoms with Gasteiger partial charge in [-0.1, -0.05) is 0 Å². The van der Waals surface area contributed by atoms with E-state index in [1.54, 1.807) is 6.07 Å². The molecular formula is C8H5FN2O2. The molecule has 13 heavy (non-hydrogen) atoms. The van der Waals surface area contributed by atoms with Crippen LogP contribution in [0.4, 0.5) is 9.18 Å². The van der Waals surface area contributed by atoms with Crippen molar-refractivity contribution in [2.24, 2.45) is 5.73 Å². The van der Waals surface area contributed by atoms with E-state index < -0.39 is 11.9 Å². The summed E-state index contributed by atoms with van der Waals surface area (Å²) < 4.78 is 17.1. The van der Waals surface area contributed by atoms with Crippen LogP contribution in [0.15, 0.2) is 18.2 Å². The molecule has 0 radical (unpaired) electrons. The molecule has 66 valence electrons. The van der Waals surface area contributed by atoms with Gasteiger partial charge in [0, 0.05) is 6.07 Å². The fourth-order valence-corrected chi connectivity index (χ4v) is 0.802. The minimum Gasteiger partial charge on any atom is -0.410 e. The fraction of sp³-hybridized carbons (Fsp3) is 0. The Morgan fingerprint density at radius 2 is 2.23 bits per heavy atom. The van der Waals surface area contributed by atoms with Crippen molar-refractivity contribution in [3.63, 3.8) is 0 Å². The maximum Gasteiger partial charge on any atom is 0.409 e. The molecule has 0 aliphatic carbocycles. The molecule has 1 aromatic carbocycles. The van der Waals surface area contributed by atoms with Gasteiger partial charge in [0.1, 0.15) is 11.6 Å². The first-order chi connectivity index (χ1) is 6.11. The van der Waals surface area contributed by atoms with Crippen LogP contribution in [0.5, 0.6) is 5.75 Å². The van der Waals surface area contributed by atoms with Crippen molar-refractivity contribution in [1.29, 1.82) is 5.26 Å². The predicted octanol–water partition coefficient (Wildman–Crippen LogP) is 1.15. The van der Waals surface area contributed by atoms with Gasteiger partial charge in [-0.3, -0.25) is 0 Å². The van der Waals surface area contributed by atoms with E-state index in [1.807, 2.05) is 0 Å². The van der Waals surface area contributed by atoms with Crippen molar-refractivity contribution in [2.45, 2.75) is 0 Å². The van der Waals surface area contributed by atoms with Gasteiger partial charge in [-0.05, 0) is 12.1 Å². The van der Waals surface area contributed by atoms with Crippen LogP contribution in [-0.2, 0) is 0 Å². The van der Waals surface area contributed by atoms with Crippen LogP contribution in [0.1, 0.15) is 5.56 Å². The van der Waals surface area contributed by atoms with Gasteiger partial charge in [-0.2, -0.15) is 5.26 Å². The Hall–Kier alpha value is -2.09. The molecule has 0 aliphatic rings. The number of rotatable bonds is 1. The summed E-state index contributed by atoms with van der Waals surface area (Å²) in [5.74, 6) is -0.737. The molecule has 0 fully saturated rings. The van der Waals surface area contributed by atoms with E-state index in [0.717, 1.165) is 12.1 Å². The van der Waals surface area contributed by atoms with Crippen molar-refractivity contribution in [1.82, 2.24) is 0 Å². The highest BCUT2D eigenvalue weighted by Crippen LogP contribution is 2.15. The largest absolute Gasteiger partial charge is 0.410 e. The molecule has 0 heterocycles. The topological polar surface area (TPSA) is 76.1 Å². The molecule has 2 N–H and O–H groups in total. The van der Waals surface area contributed by atoms with Crippen molar-refractivity contribution in [3.8, 4) is 11.8 Å². The van der Waals surface area contributed by atoms with Gasteiger partial charge >= 0.3 is 6.09 Å². The number of hydrogen-bond donors (Lipinski definition) is 1. The smallest absolute Gasteiger partial charge is 0.409 e. The number of hydrogen-bond acceptors (Lipinski definition) is 3. The Kier molecular flexibility index (Phi) is 2.45. The summed E-state index contributed by atoms with van der Waals surface area (Å²) in [4.78, 5) is 10.3. The van der Waals surface area contributed by atoms with Crippen LogP contribution < -0.4 is 10.5 Å². The highest BCUT2D eigenvalue weighted by Gasteiger charge is 2.03. The molecule has 0 bridgehead atoms. The highest BCUT2D eigenvalue weighted by molar-refractivity contribution is 5.68. The summed E-state index contributed by atoms with van der Waals surface area (Å²) in [6.45, 7) is 0. The van der Waals surface area contributed by atoms with Crippen molar-refractivity contribution in [3.05, 3.63) is 29.6 Å². The zero-order chi connectivity index (χ0) is 9.84. The zero-order valence-electron chi connectivity index (χ0n) is 6.45. The van der Waals surface area contributed by atoms with Gasteiger partial charge in [-0.25, -0.2) is 9.18 Å². The standard InChI is InChI=1S/C8H5FN2O2/c9-6-1-5(4-10)2-7(3-6)13-8(11)12/h1-3H,(H2,11,12). The number of nitriles is 1. The summed E-state index contributed by atoms with van der Waals surface area (Å²) in [6, 6.07) is 4.91. The van der Waals surface area contributed by atoms with E-state index in [-0.39, 0.29) is 11.3 Å². The molecule has 0 saturated carbocycles. The van der Waals surface area contributed by atoms with Crippen molar-refractivity contribution >= 4 is 6.09 Å². The lowest BCUT2D eigenvalue weighted by Crippen LogP contribution is -2.16. The third-order valence-electron chi connectivity index (χ3n) is 1.22. The van der Waals surface area contributed by atoms with Crippen LogP contribution in [0.2, 0.25) is 0 Å². The average Bonchev–Trinajstić information content (AvgIpc) is 2.01. The van der Waals surface area contributed by atoms with E-state index in [0.29, 0.717) is 0 Å². The Morgan fingerprint density at radius 1 is 1.54 bits per heavy atom. The molecule has 0 aromatic heterocycles. The first-order valence-electron chi connectivity index (χ1n) is 3.30. The molecule has 1 aromatic rings. The van der Waals surface area contributed by atoms with Crippen molar-refractivity contribution in [2.75, 3.05) is 0 Å². The van der Waals surface area contributed by atoms with E-state index in [2.05, 4.69) is 4.74 Å². The van der Waals surface area contributed by atoms with Gasteiger partial charge in [-0.15, -0.1) is 0 Å². The second-order valence-corrected chi connectivity index (χ2v) is 2.21. The number of ether oxygens (including phenoxy) is 1. The van der Waals surface area contributed by atoms with Crippen LogP contribution in [0, 0.1) is 17.1 Å². The number of benzene rings is 1. The maximum absolute atomic E-state index is 12.7. The van der Waals surface area contributed by atoms with E-state index >= 15 is 0 Å². The van der Waals surface area contributed by atoms with Gasteiger partial charge in [0.25, 0.3) is 0 Å². The summed E-state index contributed by atoms with van der Waals surface area (Å²) in [6.07, 6.45) is -1.05. The SMILES string of the molecule is N#Cc1cc(F)cc(OC(N)=O)c1. The average molecular weight is 180 g/mol. The normalized spacial score (nSPS) is 8.92. The number of nitrogens with two attached hydrogens (primary N) is 1. The molecule has 0 atom stereocenters. The maximum atomic E-state index is 12.7. The minimum absolute atomic E-state index is 0.0660. The summed E-state index contributed by atoms with van der Waals surface area (Å²) >= 11 is 0. The fourth-order valence-electron chi connectivity index (χ4n) is 0.802. The first kappa shape index (κ1) is 9.00. The number of halogens is 1. The summed E-state index contributed by atoms with van der Waals surface area (Å²) in [5.41, 5.74) is 4.77. The molecular weight excluding hydrogens is 175 g/mol. The lowest BCUT2D eigenvalue weighted by molar-refractivity contribution is 0.210. The predicted molar refractivity (Wildman–Crippen MR) is 41.3 cm³/mol. The number of carbonyl (C=O) groups is 1. The number of nitrogens with zero attached hydrogens (tertiary/aromatic N) is 1. The van der Waals surface area contributed by atoms with E-state index in [4.69, 9.17) is 11.0 Å². The second kappa shape index (κ2) is 3.54. The molecule has 0 saturated heterocycles.